The molecule has 4 aromatic rings. The molecular weight excluding hydrogens is 539 g/mol. The molecule has 0 aliphatic carbocycles. The van der Waals surface area contributed by atoms with E-state index in [1.54, 1.807) is 36.5 Å². The highest BCUT2D eigenvalue weighted by molar-refractivity contribution is 6.42. The third kappa shape index (κ3) is 6.89. The number of benzene rings is 3. The van der Waals surface area contributed by atoms with E-state index >= 15 is 0 Å². The number of esters is 1. The van der Waals surface area contributed by atoms with Gasteiger partial charge < -0.3 is 20.7 Å². The Morgan fingerprint density at radius 1 is 0.838 bits per heavy atom. The predicted octanol–water partition coefficient (Wildman–Crippen LogP) is 6.31. The molecule has 1 aromatic heterocycles. The minimum Gasteiger partial charge on any atom is -0.458 e. The molecule has 8 nitrogen and oxygen atoms in total. The van der Waals surface area contributed by atoms with Gasteiger partial charge in [-0.3, -0.25) is 14.6 Å². The second kappa shape index (κ2) is 11.9. The Bertz CT molecular complexity index is 1460. The summed E-state index contributed by atoms with van der Waals surface area (Å²) in [5, 5.41) is 9.90. The first kappa shape index (κ1) is 26.2. The second-order valence-electron chi connectivity index (χ2n) is 7.73. The zero-order chi connectivity index (χ0) is 26.4. The quantitative estimate of drug-likeness (QED) is 0.231. The number of nitrogens with one attached hydrogen (secondary N) is 3. The topological polar surface area (TPSA) is 109 Å². The van der Waals surface area contributed by atoms with E-state index in [-0.39, 0.29) is 40.1 Å². The summed E-state index contributed by atoms with van der Waals surface area (Å²) >= 11 is 18.2. The van der Waals surface area contributed by atoms with Crippen LogP contribution < -0.4 is 16.0 Å². The number of rotatable bonds is 7. The molecule has 188 valence electrons. The van der Waals surface area contributed by atoms with E-state index in [0.29, 0.717) is 10.7 Å². The minimum absolute atomic E-state index is 0.0195. The van der Waals surface area contributed by atoms with Crippen LogP contribution in [0, 0.1) is 0 Å². The van der Waals surface area contributed by atoms with Crippen LogP contribution in [0.25, 0.3) is 10.8 Å². The van der Waals surface area contributed by atoms with Crippen molar-refractivity contribution in [3.05, 3.63) is 99.3 Å². The molecule has 3 aromatic carbocycles. The van der Waals surface area contributed by atoms with Gasteiger partial charge in [0, 0.05) is 11.2 Å². The molecular formula is C26H19Cl3N4O4. The van der Waals surface area contributed by atoms with Crippen molar-refractivity contribution in [2.45, 2.75) is 6.61 Å². The molecule has 0 atom stereocenters. The summed E-state index contributed by atoms with van der Waals surface area (Å²) in [5.74, 6) is -1.22. The van der Waals surface area contributed by atoms with Gasteiger partial charge in [0.2, 0.25) is 0 Å². The molecule has 11 heteroatoms. The van der Waals surface area contributed by atoms with Gasteiger partial charge in [-0.1, -0.05) is 65.1 Å². The van der Waals surface area contributed by atoms with Crippen LogP contribution >= 0.6 is 34.8 Å². The summed E-state index contributed by atoms with van der Waals surface area (Å²) in [4.78, 5) is 42.0. The first-order valence-electron chi connectivity index (χ1n) is 10.9. The number of anilines is 2. The number of urea groups is 1. The van der Waals surface area contributed by atoms with E-state index in [1.165, 1.54) is 12.1 Å². The molecule has 0 spiro atoms. The molecule has 0 bridgehead atoms. The maximum atomic E-state index is 13.0. The normalized spacial score (nSPS) is 10.6. The van der Waals surface area contributed by atoms with Crippen molar-refractivity contribution in [2.75, 3.05) is 17.2 Å². The average molecular weight is 558 g/mol. The molecule has 37 heavy (non-hydrogen) atoms. The van der Waals surface area contributed by atoms with Crippen LogP contribution in [0.1, 0.15) is 16.1 Å². The maximum Gasteiger partial charge on any atom is 0.325 e. The Morgan fingerprint density at radius 3 is 2.19 bits per heavy atom. The van der Waals surface area contributed by atoms with Gasteiger partial charge in [-0.15, -0.1) is 0 Å². The van der Waals surface area contributed by atoms with Crippen LogP contribution in [0.5, 0.6) is 0 Å². The van der Waals surface area contributed by atoms with Crippen molar-refractivity contribution in [1.29, 1.82) is 0 Å². The van der Waals surface area contributed by atoms with E-state index in [4.69, 9.17) is 39.5 Å². The van der Waals surface area contributed by atoms with Gasteiger partial charge in [0.05, 0.1) is 32.7 Å². The predicted molar refractivity (Wildman–Crippen MR) is 144 cm³/mol. The number of carbonyl (C=O) groups is 3. The lowest BCUT2D eigenvalue weighted by Gasteiger charge is -2.15. The smallest absolute Gasteiger partial charge is 0.325 e. The standard InChI is InChI=1S/C26H19Cl3N4O4/c27-17-11-20(28)24(21(29)12-17)33-26(36)32-22-10-16-6-2-1-5-15(16)9-19(22)25(35)31-13-23(34)37-14-18-7-3-4-8-30-18/h1-12H,13-14H2,(H,31,35)(H2,32,33,36). The van der Waals surface area contributed by atoms with E-state index in [9.17, 15) is 14.4 Å². The van der Waals surface area contributed by atoms with Crippen LogP contribution in [0.4, 0.5) is 16.2 Å². The van der Waals surface area contributed by atoms with E-state index in [2.05, 4.69) is 20.9 Å². The largest absolute Gasteiger partial charge is 0.458 e. The summed E-state index contributed by atoms with van der Waals surface area (Å²) < 4.78 is 5.15. The first-order chi connectivity index (χ1) is 17.8. The van der Waals surface area contributed by atoms with Crippen molar-refractivity contribution in [1.82, 2.24) is 10.3 Å². The highest BCUT2D eigenvalue weighted by Crippen LogP contribution is 2.34. The molecule has 4 rings (SSSR count). The lowest BCUT2D eigenvalue weighted by molar-refractivity contribution is -0.143. The Balaban J connectivity index is 1.49. The fourth-order valence-electron chi connectivity index (χ4n) is 3.40. The number of amides is 3. The number of fused-ring (bicyclic) bond motifs is 1. The van der Waals surface area contributed by atoms with E-state index in [1.807, 2.05) is 24.3 Å². The molecule has 0 unspecified atom stereocenters. The van der Waals surface area contributed by atoms with E-state index in [0.717, 1.165) is 10.8 Å². The molecule has 0 fully saturated rings. The molecule has 0 aliphatic heterocycles. The lowest BCUT2D eigenvalue weighted by atomic mass is 10.0. The number of aromatic nitrogens is 1. The Morgan fingerprint density at radius 2 is 1.51 bits per heavy atom. The highest BCUT2D eigenvalue weighted by Gasteiger charge is 2.18. The Kier molecular flexibility index (Phi) is 8.45. The fraction of sp³-hybridized carbons (Fsp3) is 0.0769. The van der Waals surface area contributed by atoms with Gasteiger partial charge in [0.25, 0.3) is 5.91 Å². The van der Waals surface area contributed by atoms with E-state index < -0.39 is 17.9 Å². The monoisotopic (exact) mass is 556 g/mol. The molecule has 0 saturated carbocycles. The SMILES string of the molecule is O=C(Nc1cc2ccccc2cc1C(=O)NCC(=O)OCc1ccccn1)Nc1c(Cl)cc(Cl)cc1Cl. The van der Waals surface area contributed by atoms with Crippen LogP contribution in [0.2, 0.25) is 15.1 Å². The number of carbonyl (C=O) groups excluding carboxylic acids is 3. The number of nitrogens with zero attached hydrogens (tertiary/aromatic N) is 1. The van der Waals surface area contributed by atoms with Crippen molar-refractivity contribution in [2.24, 2.45) is 0 Å². The zero-order valence-corrected chi connectivity index (χ0v) is 21.3. The average Bonchev–Trinajstić information content (AvgIpc) is 2.88. The molecule has 3 amide bonds. The van der Waals surface area contributed by atoms with Crippen LogP contribution in [-0.4, -0.2) is 29.4 Å². The fourth-order valence-corrected chi connectivity index (χ4v) is 4.31. The third-order valence-corrected chi connectivity index (χ3v) is 5.94. The second-order valence-corrected chi connectivity index (χ2v) is 8.98. The number of ether oxygens (including phenoxy) is 1. The van der Waals surface area contributed by atoms with Gasteiger partial charge >= 0.3 is 12.0 Å². The Hall–Kier alpha value is -3.85. The molecule has 3 N–H and O–H groups in total. The zero-order valence-electron chi connectivity index (χ0n) is 19.1. The lowest BCUT2D eigenvalue weighted by Crippen LogP contribution is -2.31. The summed E-state index contributed by atoms with van der Waals surface area (Å²) in [6.45, 7) is -0.394. The molecule has 1 heterocycles. The number of hydrogen-bond donors (Lipinski definition) is 3. The molecule has 0 aliphatic rings. The van der Waals surface area contributed by atoms with Crippen molar-refractivity contribution < 1.29 is 19.1 Å². The van der Waals surface area contributed by atoms with Crippen LogP contribution in [0.15, 0.2) is 72.9 Å². The number of pyridine rings is 1. The van der Waals surface area contributed by atoms with Crippen molar-refractivity contribution in [3.8, 4) is 0 Å². The molecule has 0 radical (unpaired) electrons. The van der Waals surface area contributed by atoms with Gasteiger partial charge in [-0.05, 0) is 47.2 Å². The maximum absolute atomic E-state index is 13.0. The Labute approximate surface area is 226 Å². The number of halogens is 3. The van der Waals surface area contributed by atoms with Gasteiger partial charge in [-0.2, -0.15) is 0 Å². The third-order valence-electron chi connectivity index (χ3n) is 5.12. The summed E-state index contributed by atoms with van der Waals surface area (Å²) in [6.07, 6.45) is 1.59. The summed E-state index contributed by atoms with van der Waals surface area (Å²) in [5.41, 5.74) is 1.08. The molecule has 0 saturated heterocycles. The first-order valence-corrected chi connectivity index (χ1v) is 12.0. The highest BCUT2D eigenvalue weighted by atomic mass is 35.5. The number of hydrogen-bond acceptors (Lipinski definition) is 5. The summed E-state index contributed by atoms with van der Waals surface area (Å²) in [7, 11) is 0. The van der Waals surface area contributed by atoms with Crippen molar-refractivity contribution >= 4 is 74.9 Å². The van der Waals surface area contributed by atoms with Gasteiger partial charge in [-0.25, -0.2) is 4.79 Å². The van der Waals surface area contributed by atoms with Crippen molar-refractivity contribution in [3.63, 3.8) is 0 Å². The van der Waals surface area contributed by atoms with Gasteiger partial charge in [0.1, 0.15) is 13.2 Å². The minimum atomic E-state index is -0.690. The van der Waals surface area contributed by atoms with Gasteiger partial charge in [0.15, 0.2) is 0 Å². The van der Waals surface area contributed by atoms with Crippen LogP contribution in [-0.2, 0) is 16.1 Å². The summed E-state index contributed by atoms with van der Waals surface area (Å²) in [6, 6.07) is 18.0. The van der Waals surface area contributed by atoms with Crippen LogP contribution in [0.3, 0.4) is 0 Å².